The summed E-state index contributed by atoms with van der Waals surface area (Å²) in [5, 5.41) is 0. The zero-order chi connectivity index (χ0) is 22.9. The van der Waals surface area contributed by atoms with Gasteiger partial charge in [0.25, 0.3) is 0 Å². The van der Waals surface area contributed by atoms with Gasteiger partial charge in [-0.05, 0) is 70.8 Å². The molecule has 0 saturated heterocycles. The third kappa shape index (κ3) is 4.20. The summed E-state index contributed by atoms with van der Waals surface area (Å²) >= 11 is 1.33. The summed E-state index contributed by atoms with van der Waals surface area (Å²) in [6, 6.07) is 24.4. The van der Waals surface area contributed by atoms with E-state index in [0.717, 1.165) is 0 Å². The molecule has 0 aliphatic heterocycles. The zero-order valence-corrected chi connectivity index (χ0v) is 18.0. The molecule has 0 fully saturated rings. The lowest BCUT2D eigenvalue weighted by Gasteiger charge is -2.11. The summed E-state index contributed by atoms with van der Waals surface area (Å²) < 4.78 is 56.8. The molecule has 0 aliphatic carbocycles. The molecule has 0 spiro atoms. The molecule has 162 valence electrons. The fourth-order valence-electron chi connectivity index (χ4n) is 3.94. The Kier molecular flexibility index (Phi) is 5.56. The van der Waals surface area contributed by atoms with E-state index in [4.69, 9.17) is 0 Å². The summed E-state index contributed by atoms with van der Waals surface area (Å²) in [6.07, 6.45) is 0. The van der Waals surface area contributed by atoms with Crippen LogP contribution in [0.1, 0.15) is 0 Å². The van der Waals surface area contributed by atoms with E-state index >= 15 is 0 Å². The maximum absolute atomic E-state index is 14.3. The number of benzene rings is 4. The third-order valence-corrected chi connectivity index (χ3v) is 6.60. The van der Waals surface area contributed by atoms with Crippen LogP contribution in [0.2, 0.25) is 0 Å². The predicted molar refractivity (Wildman–Crippen MR) is 126 cm³/mol. The lowest BCUT2D eigenvalue weighted by molar-refractivity contribution is 0.627. The van der Waals surface area contributed by atoms with Crippen molar-refractivity contribution in [3.05, 3.63) is 120 Å². The zero-order valence-electron chi connectivity index (χ0n) is 17.2. The van der Waals surface area contributed by atoms with Gasteiger partial charge in [0.1, 0.15) is 23.3 Å². The van der Waals surface area contributed by atoms with E-state index in [1.807, 2.05) is 0 Å². The summed E-state index contributed by atoms with van der Waals surface area (Å²) in [6.45, 7) is 0. The summed E-state index contributed by atoms with van der Waals surface area (Å²) in [5.41, 5.74) is 3.59. The normalized spacial score (nSPS) is 11.0. The summed E-state index contributed by atoms with van der Waals surface area (Å²) in [4.78, 5) is 1.36. The molecule has 0 aliphatic rings. The Balaban J connectivity index is 1.92. The molecule has 0 amide bonds. The monoisotopic (exact) mass is 460 g/mol. The first-order chi connectivity index (χ1) is 16.0. The largest absolute Gasteiger partial charge is 0.207 e. The van der Waals surface area contributed by atoms with Gasteiger partial charge in [-0.25, -0.2) is 17.6 Å². The molecule has 5 aromatic rings. The van der Waals surface area contributed by atoms with Crippen LogP contribution >= 0.6 is 11.3 Å². The Morgan fingerprint density at radius 1 is 0.394 bits per heavy atom. The predicted octanol–water partition coefficient (Wildman–Crippen LogP) is 8.97. The van der Waals surface area contributed by atoms with Gasteiger partial charge in [0.15, 0.2) is 0 Å². The van der Waals surface area contributed by atoms with Crippen molar-refractivity contribution < 1.29 is 17.6 Å². The first-order valence-corrected chi connectivity index (χ1v) is 11.0. The van der Waals surface area contributed by atoms with Crippen molar-refractivity contribution in [2.45, 2.75) is 0 Å². The molecule has 0 atom stereocenters. The molecule has 0 bridgehead atoms. The Morgan fingerprint density at radius 2 is 0.697 bits per heavy atom. The van der Waals surface area contributed by atoms with Gasteiger partial charge < -0.3 is 0 Å². The van der Waals surface area contributed by atoms with Crippen molar-refractivity contribution in [3.8, 4) is 43.1 Å². The van der Waals surface area contributed by atoms with Crippen LogP contribution in [0.3, 0.4) is 0 Å². The second-order valence-corrected chi connectivity index (χ2v) is 8.57. The highest BCUT2D eigenvalue weighted by molar-refractivity contribution is 7.20. The van der Waals surface area contributed by atoms with Gasteiger partial charge in [-0.15, -0.1) is 11.3 Å². The van der Waals surface area contributed by atoms with Gasteiger partial charge in [-0.3, -0.25) is 0 Å². The molecular formula is C28H16F4S. The maximum atomic E-state index is 14.3. The van der Waals surface area contributed by atoms with Crippen LogP contribution in [0, 0.1) is 23.3 Å². The second kappa shape index (κ2) is 8.68. The van der Waals surface area contributed by atoms with E-state index in [1.54, 1.807) is 48.5 Å². The topological polar surface area (TPSA) is 0 Å². The highest BCUT2D eigenvalue weighted by Gasteiger charge is 2.24. The molecule has 0 saturated carbocycles. The van der Waals surface area contributed by atoms with Crippen molar-refractivity contribution in [2.75, 3.05) is 0 Å². The number of hydrogen-bond acceptors (Lipinski definition) is 1. The van der Waals surface area contributed by atoms with E-state index in [0.29, 0.717) is 43.1 Å². The smallest absolute Gasteiger partial charge is 0.123 e. The van der Waals surface area contributed by atoms with E-state index in [9.17, 15) is 17.6 Å². The molecular weight excluding hydrogens is 444 g/mol. The maximum Gasteiger partial charge on any atom is 0.123 e. The Hall–Kier alpha value is -3.70. The fourth-order valence-corrected chi connectivity index (χ4v) is 5.27. The van der Waals surface area contributed by atoms with E-state index in [1.165, 1.54) is 59.9 Å². The molecule has 0 N–H and O–H groups in total. The standard InChI is InChI=1S/C28H16F4S/c29-21-9-1-5-17(13-21)25-26(18-6-2-10-22(30)14-18)28(20-8-4-12-24(32)16-20)33-27(25)19-7-3-11-23(31)15-19/h1-16H. The average molecular weight is 460 g/mol. The molecule has 0 nitrogen and oxygen atoms in total. The molecule has 0 unspecified atom stereocenters. The minimum atomic E-state index is -0.429. The number of hydrogen-bond donors (Lipinski definition) is 0. The van der Waals surface area contributed by atoms with Crippen molar-refractivity contribution >= 4 is 11.3 Å². The lowest BCUT2D eigenvalue weighted by atomic mass is 9.91. The highest BCUT2D eigenvalue weighted by Crippen LogP contribution is 2.52. The van der Waals surface area contributed by atoms with Crippen molar-refractivity contribution in [2.24, 2.45) is 0 Å². The van der Waals surface area contributed by atoms with Crippen molar-refractivity contribution in [3.63, 3.8) is 0 Å². The Bertz CT molecular complexity index is 1360. The van der Waals surface area contributed by atoms with Crippen LogP contribution < -0.4 is 0 Å². The minimum Gasteiger partial charge on any atom is -0.207 e. The Labute approximate surface area is 192 Å². The van der Waals surface area contributed by atoms with Crippen LogP contribution in [0.25, 0.3) is 43.1 Å². The van der Waals surface area contributed by atoms with Crippen LogP contribution in [0.5, 0.6) is 0 Å². The van der Waals surface area contributed by atoms with E-state index < -0.39 is 23.3 Å². The van der Waals surface area contributed by atoms with Gasteiger partial charge in [0.2, 0.25) is 0 Å². The Morgan fingerprint density at radius 3 is 1.03 bits per heavy atom. The van der Waals surface area contributed by atoms with Crippen molar-refractivity contribution in [1.29, 1.82) is 0 Å². The van der Waals surface area contributed by atoms with Crippen LogP contribution in [-0.4, -0.2) is 0 Å². The molecule has 4 aromatic carbocycles. The van der Waals surface area contributed by atoms with E-state index in [-0.39, 0.29) is 0 Å². The number of halogens is 4. The first kappa shape index (κ1) is 21.2. The van der Waals surface area contributed by atoms with Crippen LogP contribution in [0.4, 0.5) is 17.6 Å². The number of rotatable bonds is 4. The fraction of sp³-hybridized carbons (Fsp3) is 0. The quantitative estimate of drug-likeness (QED) is 0.235. The van der Waals surface area contributed by atoms with Gasteiger partial charge in [-0.2, -0.15) is 0 Å². The molecule has 1 heterocycles. The van der Waals surface area contributed by atoms with Gasteiger partial charge >= 0.3 is 0 Å². The minimum absolute atomic E-state index is 0.411. The van der Waals surface area contributed by atoms with Crippen molar-refractivity contribution in [1.82, 2.24) is 0 Å². The lowest BCUT2D eigenvalue weighted by Crippen LogP contribution is -1.88. The van der Waals surface area contributed by atoms with Crippen LogP contribution in [0.15, 0.2) is 97.1 Å². The molecule has 5 rings (SSSR count). The first-order valence-electron chi connectivity index (χ1n) is 10.2. The van der Waals surface area contributed by atoms with Crippen LogP contribution in [-0.2, 0) is 0 Å². The molecule has 1 aromatic heterocycles. The molecule has 33 heavy (non-hydrogen) atoms. The molecule has 0 radical (unpaired) electrons. The van der Waals surface area contributed by atoms with Gasteiger partial charge in [-0.1, -0.05) is 48.5 Å². The van der Waals surface area contributed by atoms with Gasteiger partial charge in [0, 0.05) is 20.9 Å². The molecule has 5 heteroatoms. The van der Waals surface area contributed by atoms with E-state index in [2.05, 4.69) is 0 Å². The summed E-state index contributed by atoms with van der Waals surface area (Å²) in [5.74, 6) is -1.68. The second-order valence-electron chi connectivity index (χ2n) is 7.55. The summed E-state index contributed by atoms with van der Waals surface area (Å²) in [7, 11) is 0. The third-order valence-electron chi connectivity index (χ3n) is 5.31. The highest BCUT2D eigenvalue weighted by atomic mass is 32.1. The van der Waals surface area contributed by atoms with Gasteiger partial charge in [0.05, 0.1) is 0 Å². The average Bonchev–Trinajstić information content (AvgIpc) is 3.20. The SMILES string of the molecule is Fc1cccc(-c2sc(-c3cccc(F)c3)c(-c3cccc(F)c3)c2-c2cccc(F)c2)c1. The number of thiophene rings is 1.